The van der Waals surface area contributed by atoms with E-state index in [1.807, 2.05) is 18.2 Å². The molecule has 2 nitrogen and oxygen atoms in total. The molecule has 0 heterocycles. The van der Waals surface area contributed by atoms with Crippen molar-refractivity contribution in [1.82, 2.24) is 0 Å². The molecule has 4 heteroatoms. The Hall–Kier alpha value is -0.670. The van der Waals surface area contributed by atoms with E-state index in [9.17, 15) is 0 Å². The first-order chi connectivity index (χ1) is 7.36. The highest BCUT2D eigenvalue weighted by molar-refractivity contribution is 8.14. The summed E-state index contributed by atoms with van der Waals surface area (Å²) in [7, 11) is 0. The van der Waals surface area contributed by atoms with Crippen LogP contribution in [0.25, 0.3) is 0 Å². The third kappa shape index (κ3) is 6.03. The standard InChI is InChI=1S/C12H18N2S.ClH/c1-3-10-13-12(15-4-2)14-11-8-6-5-7-9-11;/h5-9H,3-4,10H2,1-2H3,(H,13,14);1H. The molecule has 0 aliphatic carbocycles. The number of thioether (sulfide) groups is 1. The fourth-order valence-electron chi connectivity index (χ4n) is 1.12. The molecule has 0 saturated carbocycles. The average molecular weight is 259 g/mol. The molecule has 1 N–H and O–H groups in total. The van der Waals surface area contributed by atoms with Crippen LogP contribution in [0.4, 0.5) is 5.69 Å². The number of anilines is 1. The minimum Gasteiger partial charge on any atom is -0.335 e. The predicted molar refractivity (Wildman–Crippen MR) is 78.0 cm³/mol. The van der Waals surface area contributed by atoms with Gasteiger partial charge in [-0.1, -0.05) is 43.8 Å². The van der Waals surface area contributed by atoms with Crippen LogP contribution in [0.5, 0.6) is 0 Å². The van der Waals surface area contributed by atoms with E-state index in [4.69, 9.17) is 0 Å². The van der Waals surface area contributed by atoms with Crippen molar-refractivity contribution in [2.75, 3.05) is 17.6 Å². The zero-order valence-corrected chi connectivity index (χ0v) is 11.4. The highest BCUT2D eigenvalue weighted by Gasteiger charge is 1.98. The van der Waals surface area contributed by atoms with E-state index in [2.05, 4.69) is 36.3 Å². The van der Waals surface area contributed by atoms with Crippen LogP contribution in [0.3, 0.4) is 0 Å². The smallest absolute Gasteiger partial charge is 0.161 e. The van der Waals surface area contributed by atoms with E-state index in [1.54, 1.807) is 11.8 Å². The topological polar surface area (TPSA) is 24.4 Å². The summed E-state index contributed by atoms with van der Waals surface area (Å²) in [4.78, 5) is 4.50. The second-order valence-corrected chi connectivity index (χ2v) is 4.36. The molecule has 0 amide bonds. The molecule has 0 aliphatic heterocycles. The number of amidine groups is 1. The van der Waals surface area contributed by atoms with Gasteiger partial charge in [0.1, 0.15) is 0 Å². The number of nitrogens with one attached hydrogen (secondary N) is 1. The lowest BCUT2D eigenvalue weighted by Crippen LogP contribution is -2.08. The summed E-state index contributed by atoms with van der Waals surface area (Å²) < 4.78 is 0. The van der Waals surface area contributed by atoms with Crippen molar-refractivity contribution in [3.8, 4) is 0 Å². The summed E-state index contributed by atoms with van der Waals surface area (Å²) in [6, 6.07) is 10.2. The molecule has 1 rings (SSSR count). The molecule has 1 aromatic carbocycles. The molecule has 0 spiro atoms. The maximum atomic E-state index is 4.50. The maximum Gasteiger partial charge on any atom is 0.161 e. The number of hydrogen-bond acceptors (Lipinski definition) is 2. The largest absolute Gasteiger partial charge is 0.335 e. The summed E-state index contributed by atoms with van der Waals surface area (Å²) in [5.41, 5.74) is 1.10. The van der Waals surface area contributed by atoms with Gasteiger partial charge in [-0.2, -0.15) is 0 Å². The molecule has 90 valence electrons. The number of aliphatic imine (C=N–C) groups is 1. The van der Waals surface area contributed by atoms with Crippen molar-refractivity contribution < 1.29 is 0 Å². The Labute approximate surface area is 108 Å². The molecule has 0 aromatic heterocycles. The molecule has 0 radical (unpaired) electrons. The number of rotatable bonds is 4. The van der Waals surface area contributed by atoms with Gasteiger partial charge < -0.3 is 5.32 Å². The van der Waals surface area contributed by atoms with E-state index in [0.29, 0.717) is 0 Å². The van der Waals surface area contributed by atoms with Crippen molar-refractivity contribution >= 4 is 35.0 Å². The minimum atomic E-state index is 0. The third-order valence-electron chi connectivity index (χ3n) is 1.79. The molecule has 1 aromatic rings. The van der Waals surface area contributed by atoms with Gasteiger partial charge in [0.05, 0.1) is 0 Å². The van der Waals surface area contributed by atoms with Crippen LogP contribution in [0.2, 0.25) is 0 Å². The molecule has 0 aliphatic rings. The van der Waals surface area contributed by atoms with Crippen LogP contribution >= 0.6 is 24.2 Å². The van der Waals surface area contributed by atoms with Gasteiger partial charge in [0.2, 0.25) is 0 Å². The minimum absolute atomic E-state index is 0. The number of halogens is 1. The fourth-order valence-corrected chi connectivity index (χ4v) is 1.76. The first-order valence-electron chi connectivity index (χ1n) is 5.36. The Morgan fingerprint density at radius 3 is 2.50 bits per heavy atom. The van der Waals surface area contributed by atoms with E-state index in [0.717, 1.165) is 29.6 Å². The van der Waals surface area contributed by atoms with E-state index < -0.39 is 0 Å². The Bertz CT molecular complexity index is 301. The number of nitrogens with zero attached hydrogens (tertiary/aromatic N) is 1. The predicted octanol–water partition coefficient (Wildman–Crippen LogP) is 4.04. The van der Waals surface area contributed by atoms with Gasteiger partial charge in [0, 0.05) is 12.2 Å². The van der Waals surface area contributed by atoms with Crippen molar-refractivity contribution in [3.63, 3.8) is 0 Å². The SMILES string of the molecule is CCCN=C(Nc1ccccc1)SCC.Cl. The Morgan fingerprint density at radius 2 is 1.94 bits per heavy atom. The Morgan fingerprint density at radius 1 is 1.25 bits per heavy atom. The zero-order valence-electron chi connectivity index (χ0n) is 9.77. The molecule has 0 unspecified atom stereocenters. The summed E-state index contributed by atoms with van der Waals surface area (Å²) in [5.74, 6) is 1.04. The zero-order chi connectivity index (χ0) is 10.9. The lowest BCUT2D eigenvalue weighted by Gasteiger charge is -2.08. The van der Waals surface area contributed by atoms with E-state index in [1.165, 1.54) is 0 Å². The van der Waals surface area contributed by atoms with Crippen LogP contribution in [-0.4, -0.2) is 17.5 Å². The van der Waals surface area contributed by atoms with Gasteiger partial charge in [-0.25, -0.2) is 0 Å². The first kappa shape index (κ1) is 15.3. The molecule has 0 atom stereocenters. The normalized spacial score (nSPS) is 10.8. The third-order valence-corrected chi connectivity index (χ3v) is 2.58. The first-order valence-corrected chi connectivity index (χ1v) is 6.34. The summed E-state index contributed by atoms with van der Waals surface area (Å²) in [5, 5.41) is 4.35. The van der Waals surface area contributed by atoms with Crippen LogP contribution in [-0.2, 0) is 0 Å². The van der Waals surface area contributed by atoms with Gasteiger partial charge in [-0.05, 0) is 24.3 Å². The van der Waals surface area contributed by atoms with Gasteiger partial charge in [-0.3, -0.25) is 4.99 Å². The van der Waals surface area contributed by atoms with E-state index >= 15 is 0 Å². The summed E-state index contributed by atoms with van der Waals surface area (Å²) in [6.07, 6.45) is 1.09. The molecule has 0 fully saturated rings. The molecule has 16 heavy (non-hydrogen) atoms. The Kier molecular flexibility index (Phi) is 9.15. The van der Waals surface area contributed by atoms with Crippen LogP contribution in [0.1, 0.15) is 20.3 Å². The summed E-state index contributed by atoms with van der Waals surface area (Å²) >= 11 is 1.75. The van der Waals surface area contributed by atoms with Crippen molar-refractivity contribution in [3.05, 3.63) is 30.3 Å². The van der Waals surface area contributed by atoms with Gasteiger partial charge >= 0.3 is 0 Å². The lowest BCUT2D eigenvalue weighted by molar-refractivity contribution is 0.935. The molecular weight excluding hydrogens is 240 g/mol. The van der Waals surface area contributed by atoms with Crippen molar-refractivity contribution in [2.24, 2.45) is 4.99 Å². The highest BCUT2D eigenvalue weighted by atomic mass is 35.5. The fraction of sp³-hybridized carbons (Fsp3) is 0.417. The Balaban J connectivity index is 0.00000225. The van der Waals surface area contributed by atoms with Gasteiger partial charge in [0.15, 0.2) is 5.17 Å². The molecular formula is C12H19ClN2S. The average Bonchev–Trinajstić information content (AvgIpc) is 2.28. The van der Waals surface area contributed by atoms with Crippen LogP contribution in [0.15, 0.2) is 35.3 Å². The molecule has 0 saturated heterocycles. The van der Waals surface area contributed by atoms with Crippen LogP contribution in [0, 0.1) is 0 Å². The number of benzene rings is 1. The quantitative estimate of drug-likeness (QED) is 0.651. The second-order valence-electron chi connectivity index (χ2n) is 3.11. The number of para-hydroxylation sites is 1. The maximum absolute atomic E-state index is 4.50. The van der Waals surface area contributed by atoms with E-state index in [-0.39, 0.29) is 12.4 Å². The van der Waals surface area contributed by atoms with Gasteiger partial charge in [-0.15, -0.1) is 12.4 Å². The highest BCUT2D eigenvalue weighted by Crippen LogP contribution is 2.11. The second kappa shape index (κ2) is 9.55. The van der Waals surface area contributed by atoms with Crippen molar-refractivity contribution in [2.45, 2.75) is 20.3 Å². The van der Waals surface area contributed by atoms with Crippen LogP contribution < -0.4 is 5.32 Å². The molecule has 0 bridgehead atoms. The number of hydrogen-bond donors (Lipinski definition) is 1. The van der Waals surface area contributed by atoms with Gasteiger partial charge in [0.25, 0.3) is 0 Å². The monoisotopic (exact) mass is 258 g/mol. The van der Waals surface area contributed by atoms with Crippen molar-refractivity contribution in [1.29, 1.82) is 0 Å². The summed E-state index contributed by atoms with van der Waals surface area (Å²) in [6.45, 7) is 5.17. The lowest BCUT2D eigenvalue weighted by atomic mass is 10.3.